The summed E-state index contributed by atoms with van der Waals surface area (Å²) in [5, 5.41) is 8.95. The number of carboxylic acid groups (broad SMARTS) is 1. The van der Waals surface area contributed by atoms with Gasteiger partial charge in [-0.2, -0.15) is 0 Å². The van der Waals surface area contributed by atoms with Crippen LogP contribution in [-0.2, 0) is 17.6 Å². The van der Waals surface area contributed by atoms with Gasteiger partial charge in [0, 0.05) is 24.0 Å². The van der Waals surface area contributed by atoms with Gasteiger partial charge in [-0.1, -0.05) is 0 Å². The Morgan fingerprint density at radius 1 is 1.25 bits per heavy atom. The second kappa shape index (κ2) is 7.66. The highest BCUT2D eigenvalue weighted by Crippen LogP contribution is 2.31. The van der Waals surface area contributed by atoms with Crippen LogP contribution < -0.4 is 0 Å². The monoisotopic (exact) mass is 350 g/mol. The lowest BCUT2D eigenvalue weighted by Gasteiger charge is -2.25. The van der Waals surface area contributed by atoms with Crippen molar-refractivity contribution in [1.29, 1.82) is 0 Å². The Morgan fingerprint density at radius 3 is 2.79 bits per heavy atom. The minimum absolute atomic E-state index is 0.0657. The zero-order chi connectivity index (χ0) is 17.1. The fourth-order valence-corrected chi connectivity index (χ4v) is 5.04. The molecule has 1 N–H and O–H groups in total. The molecule has 1 aromatic heterocycles. The standard InChI is InChI=1S/C18H26N2O3S/c1-19(12-17(21)22)14-6-4-9-20(10-8-14)18(23)16-11-13-5-2-3-7-15(13)24-16/h11,14H,2-10,12H2,1H3,(H,21,22). The van der Waals surface area contributed by atoms with Crippen LogP contribution in [0.1, 0.15) is 52.2 Å². The first-order valence-corrected chi connectivity index (χ1v) is 9.69. The third kappa shape index (κ3) is 3.98. The number of likely N-dealkylation sites (tertiary alicyclic amines) is 1. The molecule has 0 bridgehead atoms. The quantitative estimate of drug-likeness (QED) is 0.907. The first-order chi connectivity index (χ1) is 11.5. The molecule has 132 valence electrons. The molecule has 0 aromatic carbocycles. The summed E-state index contributed by atoms with van der Waals surface area (Å²) in [6.45, 7) is 1.56. The van der Waals surface area contributed by atoms with Crippen LogP contribution >= 0.6 is 11.3 Å². The molecule has 1 aromatic rings. The van der Waals surface area contributed by atoms with Crippen LogP contribution in [0.2, 0.25) is 0 Å². The molecular weight excluding hydrogens is 324 g/mol. The number of fused-ring (bicyclic) bond motifs is 1. The number of carbonyl (C=O) groups excluding carboxylic acids is 1. The van der Waals surface area contributed by atoms with E-state index in [1.54, 1.807) is 11.3 Å². The summed E-state index contributed by atoms with van der Waals surface area (Å²) >= 11 is 1.68. The van der Waals surface area contributed by atoms with E-state index in [0.29, 0.717) is 0 Å². The van der Waals surface area contributed by atoms with Gasteiger partial charge in [0.2, 0.25) is 0 Å². The molecule has 1 aliphatic heterocycles. The van der Waals surface area contributed by atoms with Crippen molar-refractivity contribution in [3.05, 3.63) is 21.4 Å². The summed E-state index contributed by atoms with van der Waals surface area (Å²) in [7, 11) is 1.86. The highest BCUT2D eigenvalue weighted by Gasteiger charge is 2.26. The molecule has 6 heteroatoms. The van der Waals surface area contributed by atoms with E-state index < -0.39 is 5.97 Å². The van der Waals surface area contributed by atoms with Crippen LogP contribution in [0.25, 0.3) is 0 Å². The van der Waals surface area contributed by atoms with Gasteiger partial charge in [-0.05, 0) is 63.6 Å². The molecule has 1 atom stereocenters. The number of nitrogens with zero attached hydrogens (tertiary/aromatic N) is 2. The molecule has 2 aliphatic rings. The summed E-state index contributed by atoms with van der Waals surface area (Å²) in [5.74, 6) is -0.630. The van der Waals surface area contributed by atoms with Gasteiger partial charge in [0.15, 0.2) is 0 Å². The van der Waals surface area contributed by atoms with Gasteiger partial charge < -0.3 is 10.0 Å². The van der Waals surface area contributed by atoms with Crippen LogP contribution in [-0.4, -0.2) is 59.5 Å². The average molecular weight is 350 g/mol. The maximum Gasteiger partial charge on any atom is 0.317 e. The topological polar surface area (TPSA) is 60.9 Å². The average Bonchev–Trinajstić information content (AvgIpc) is 2.82. The van der Waals surface area contributed by atoms with Crippen molar-refractivity contribution in [2.45, 2.75) is 51.0 Å². The molecule has 1 aliphatic carbocycles. The van der Waals surface area contributed by atoms with Gasteiger partial charge >= 0.3 is 5.97 Å². The first-order valence-electron chi connectivity index (χ1n) is 8.87. The Bertz CT molecular complexity index is 590. The fraction of sp³-hybridized carbons (Fsp3) is 0.667. The van der Waals surface area contributed by atoms with Crippen molar-refractivity contribution in [3.63, 3.8) is 0 Å². The Kier molecular flexibility index (Phi) is 5.56. The van der Waals surface area contributed by atoms with Crippen molar-refractivity contribution in [2.75, 3.05) is 26.7 Å². The van der Waals surface area contributed by atoms with Crippen molar-refractivity contribution >= 4 is 23.2 Å². The van der Waals surface area contributed by atoms with Crippen molar-refractivity contribution < 1.29 is 14.7 Å². The van der Waals surface area contributed by atoms with E-state index in [-0.39, 0.29) is 18.5 Å². The Hall–Kier alpha value is -1.40. The van der Waals surface area contributed by atoms with Gasteiger partial charge in [-0.15, -0.1) is 11.3 Å². The Balaban J connectivity index is 1.62. The predicted molar refractivity (Wildman–Crippen MR) is 94.8 cm³/mol. The molecule has 24 heavy (non-hydrogen) atoms. The highest BCUT2D eigenvalue weighted by molar-refractivity contribution is 7.14. The van der Waals surface area contributed by atoms with Crippen LogP contribution in [0, 0.1) is 0 Å². The van der Waals surface area contributed by atoms with E-state index >= 15 is 0 Å². The molecule has 0 radical (unpaired) electrons. The number of carboxylic acids is 1. The van der Waals surface area contributed by atoms with Gasteiger partial charge in [0.05, 0.1) is 11.4 Å². The molecule has 3 rings (SSSR count). The number of aryl methyl sites for hydroxylation is 2. The zero-order valence-electron chi connectivity index (χ0n) is 14.3. The van der Waals surface area contributed by atoms with Crippen LogP contribution in [0.3, 0.4) is 0 Å². The number of thiophene rings is 1. The lowest BCUT2D eigenvalue weighted by molar-refractivity contribution is -0.138. The Labute approximate surface area is 147 Å². The van der Waals surface area contributed by atoms with E-state index in [4.69, 9.17) is 5.11 Å². The zero-order valence-corrected chi connectivity index (χ0v) is 15.1. The first kappa shape index (κ1) is 17.4. The fourth-order valence-electron chi connectivity index (χ4n) is 3.82. The van der Waals surface area contributed by atoms with Gasteiger partial charge in [-0.3, -0.25) is 14.5 Å². The lowest BCUT2D eigenvalue weighted by atomic mass is 9.99. The third-order valence-corrected chi connectivity index (χ3v) is 6.43. The highest BCUT2D eigenvalue weighted by atomic mass is 32.1. The summed E-state index contributed by atoms with van der Waals surface area (Å²) in [4.78, 5) is 29.9. The number of carbonyl (C=O) groups is 2. The van der Waals surface area contributed by atoms with Gasteiger partial charge in [0.25, 0.3) is 5.91 Å². The second-order valence-electron chi connectivity index (χ2n) is 6.95. The molecule has 1 saturated heterocycles. The van der Waals surface area contributed by atoms with Crippen molar-refractivity contribution in [1.82, 2.24) is 9.80 Å². The van der Waals surface area contributed by atoms with Crippen LogP contribution in [0.5, 0.6) is 0 Å². The molecule has 1 fully saturated rings. The molecular formula is C18H26N2O3S. The minimum atomic E-state index is -0.793. The van der Waals surface area contributed by atoms with E-state index in [1.165, 1.54) is 23.3 Å². The second-order valence-corrected chi connectivity index (χ2v) is 8.09. The van der Waals surface area contributed by atoms with Crippen molar-refractivity contribution in [3.8, 4) is 0 Å². The number of likely N-dealkylation sites (N-methyl/N-ethyl adjacent to an activating group) is 1. The SMILES string of the molecule is CN(CC(=O)O)C1CCCN(C(=O)c2cc3c(s2)CCCC3)CC1. The molecule has 0 spiro atoms. The molecule has 1 amide bonds. The Morgan fingerprint density at radius 2 is 2.04 bits per heavy atom. The number of hydrogen-bond acceptors (Lipinski definition) is 4. The van der Waals surface area contributed by atoms with Crippen LogP contribution in [0.4, 0.5) is 0 Å². The van der Waals surface area contributed by atoms with E-state index in [0.717, 1.165) is 50.1 Å². The molecule has 0 saturated carbocycles. The van der Waals surface area contributed by atoms with Gasteiger partial charge in [-0.25, -0.2) is 0 Å². The normalized spacial score (nSPS) is 21.4. The number of rotatable bonds is 4. The minimum Gasteiger partial charge on any atom is -0.480 e. The maximum absolute atomic E-state index is 12.9. The number of hydrogen-bond donors (Lipinski definition) is 1. The van der Waals surface area contributed by atoms with Gasteiger partial charge in [0.1, 0.15) is 0 Å². The molecule has 1 unspecified atom stereocenters. The van der Waals surface area contributed by atoms with Crippen LogP contribution in [0.15, 0.2) is 6.07 Å². The number of amides is 1. The summed E-state index contributed by atoms with van der Waals surface area (Å²) in [6, 6.07) is 2.36. The van der Waals surface area contributed by atoms with E-state index in [2.05, 4.69) is 6.07 Å². The molecule has 2 heterocycles. The third-order valence-electron chi connectivity index (χ3n) is 5.20. The summed E-state index contributed by atoms with van der Waals surface area (Å²) < 4.78 is 0. The lowest BCUT2D eigenvalue weighted by Crippen LogP contribution is -2.37. The largest absolute Gasteiger partial charge is 0.480 e. The molecule has 5 nitrogen and oxygen atoms in total. The number of aliphatic carboxylic acids is 1. The maximum atomic E-state index is 12.9. The van der Waals surface area contributed by atoms with E-state index in [9.17, 15) is 9.59 Å². The predicted octanol–water partition coefficient (Wildman–Crippen LogP) is 2.64. The summed E-state index contributed by atoms with van der Waals surface area (Å²) in [5.41, 5.74) is 1.38. The summed E-state index contributed by atoms with van der Waals surface area (Å²) in [6.07, 6.45) is 7.44. The van der Waals surface area contributed by atoms with Crippen molar-refractivity contribution in [2.24, 2.45) is 0 Å². The smallest absolute Gasteiger partial charge is 0.317 e. The van der Waals surface area contributed by atoms with E-state index in [1.807, 2.05) is 16.8 Å².